The molecule has 0 atom stereocenters. The van der Waals surface area contributed by atoms with E-state index < -0.39 is 22.3 Å². The average molecular weight is 451 g/mol. The van der Waals surface area contributed by atoms with Crippen LogP contribution in [0.1, 0.15) is 11.4 Å². The number of alkyl halides is 6. The fraction of sp³-hybridized carbons (Fsp3) is 0.250. The smallest absolute Gasteiger partial charge is 0.321 e. The number of nitrogens with two attached hydrogens (primary N) is 2. The van der Waals surface area contributed by atoms with Crippen LogP contribution in [-0.2, 0) is 10.3 Å². The standard InChI is InChI=1S/C12H10Cl4F3N7/c13-7-2-1-3-22-9(7)26-8(11(14,15)16)4-6(24-26)5-25(21)10(23-20)12(17,18)19/h1-4H,5,20-21H2/b23-10-. The maximum Gasteiger partial charge on any atom is 0.452 e. The van der Waals surface area contributed by atoms with E-state index in [4.69, 9.17) is 58.1 Å². The fourth-order valence-electron chi connectivity index (χ4n) is 1.96. The Morgan fingerprint density at radius 2 is 1.96 bits per heavy atom. The van der Waals surface area contributed by atoms with Crippen LogP contribution < -0.4 is 11.7 Å². The van der Waals surface area contributed by atoms with Gasteiger partial charge in [0.05, 0.1) is 23.0 Å². The zero-order valence-electron chi connectivity index (χ0n) is 12.6. The highest BCUT2D eigenvalue weighted by molar-refractivity contribution is 6.66. The molecule has 0 aliphatic carbocycles. The third-order valence-electron chi connectivity index (χ3n) is 2.97. The Kier molecular flexibility index (Phi) is 6.13. The molecule has 7 nitrogen and oxygen atoms in total. The van der Waals surface area contributed by atoms with E-state index in [9.17, 15) is 13.2 Å². The topological polar surface area (TPSA) is 98.3 Å². The Hall–Kier alpha value is -1.46. The molecule has 0 saturated carbocycles. The summed E-state index contributed by atoms with van der Waals surface area (Å²) in [6.45, 7) is -0.527. The first-order chi connectivity index (χ1) is 11.9. The summed E-state index contributed by atoms with van der Waals surface area (Å²) < 4.78 is 37.6. The van der Waals surface area contributed by atoms with Crippen molar-refractivity contribution in [1.82, 2.24) is 19.8 Å². The first kappa shape index (κ1) is 20.8. The molecule has 2 aromatic heterocycles. The molecule has 0 fully saturated rings. The minimum atomic E-state index is -4.85. The largest absolute Gasteiger partial charge is 0.452 e. The van der Waals surface area contributed by atoms with Gasteiger partial charge in [-0.15, -0.1) is 0 Å². The molecule has 2 rings (SSSR count). The van der Waals surface area contributed by atoms with Gasteiger partial charge in [0, 0.05) is 6.20 Å². The fourth-order valence-corrected chi connectivity index (χ4v) is 2.57. The summed E-state index contributed by atoms with van der Waals surface area (Å²) in [5.41, 5.74) is 0.0330. The molecule has 0 amide bonds. The van der Waals surface area contributed by atoms with Gasteiger partial charge in [-0.1, -0.05) is 46.4 Å². The normalized spacial score (nSPS) is 13.2. The monoisotopic (exact) mass is 449 g/mol. The van der Waals surface area contributed by atoms with Gasteiger partial charge in [0.2, 0.25) is 9.63 Å². The van der Waals surface area contributed by atoms with Crippen molar-refractivity contribution in [3.05, 3.63) is 40.8 Å². The van der Waals surface area contributed by atoms with Gasteiger partial charge in [0.1, 0.15) is 0 Å². The molecular formula is C12H10Cl4F3N7. The van der Waals surface area contributed by atoms with E-state index in [0.29, 0.717) is 0 Å². The lowest BCUT2D eigenvalue weighted by atomic mass is 10.3. The van der Waals surface area contributed by atoms with E-state index in [1.54, 1.807) is 6.07 Å². The van der Waals surface area contributed by atoms with Gasteiger partial charge in [-0.25, -0.2) is 15.5 Å². The molecular weight excluding hydrogens is 441 g/mol. The SMILES string of the molecule is N/N=C(\N(N)Cc1cc(C(Cl)(Cl)Cl)n(-c2ncccc2Cl)n1)C(F)(F)F. The summed E-state index contributed by atoms with van der Waals surface area (Å²) in [6.07, 6.45) is -3.43. The van der Waals surface area contributed by atoms with E-state index in [2.05, 4.69) is 15.2 Å². The summed E-state index contributed by atoms with van der Waals surface area (Å²) in [6, 6.07) is 4.34. The lowest BCUT2D eigenvalue weighted by Gasteiger charge is -2.20. The van der Waals surface area contributed by atoms with E-state index in [1.807, 2.05) is 0 Å². The van der Waals surface area contributed by atoms with Crippen LogP contribution in [0.25, 0.3) is 5.82 Å². The van der Waals surface area contributed by atoms with Crippen molar-refractivity contribution in [3.63, 3.8) is 0 Å². The van der Waals surface area contributed by atoms with Crippen molar-refractivity contribution >= 4 is 52.2 Å². The Morgan fingerprint density at radius 3 is 2.46 bits per heavy atom. The van der Waals surface area contributed by atoms with Crippen LogP contribution in [0.4, 0.5) is 13.2 Å². The van der Waals surface area contributed by atoms with Gasteiger partial charge in [0.25, 0.3) is 0 Å². The number of nitrogens with zero attached hydrogens (tertiary/aromatic N) is 5. The number of rotatable bonds is 3. The molecule has 0 saturated heterocycles. The molecule has 2 aromatic rings. The summed E-state index contributed by atoms with van der Waals surface area (Å²) in [7, 11) is 0. The molecule has 2 heterocycles. The predicted molar refractivity (Wildman–Crippen MR) is 93.0 cm³/mol. The Bertz CT molecular complexity index is 816. The number of pyridine rings is 1. The summed E-state index contributed by atoms with van der Waals surface area (Å²) in [4.78, 5) is 4.03. The van der Waals surface area contributed by atoms with Crippen LogP contribution in [0.3, 0.4) is 0 Å². The van der Waals surface area contributed by atoms with Crippen molar-refractivity contribution in [1.29, 1.82) is 0 Å². The first-order valence-electron chi connectivity index (χ1n) is 6.59. The molecule has 142 valence electrons. The molecule has 0 aromatic carbocycles. The van der Waals surface area contributed by atoms with Crippen molar-refractivity contribution < 1.29 is 13.2 Å². The Morgan fingerprint density at radius 1 is 1.31 bits per heavy atom. The zero-order valence-corrected chi connectivity index (χ0v) is 15.6. The molecule has 0 radical (unpaired) electrons. The highest BCUT2D eigenvalue weighted by atomic mass is 35.6. The van der Waals surface area contributed by atoms with Crippen molar-refractivity contribution in [2.45, 2.75) is 16.5 Å². The molecule has 14 heteroatoms. The summed E-state index contributed by atoms with van der Waals surface area (Å²) >= 11 is 23.8. The van der Waals surface area contributed by atoms with E-state index in [0.717, 1.165) is 4.68 Å². The molecule has 0 aliphatic heterocycles. The Labute approximate surface area is 165 Å². The lowest BCUT2D eigenvalue weighted by molar-refractivity contribution is -0.0697. The van der Waals surface area contributed by atoms with Crippen LogP contribution in [-0.4, -0.2) is 31.8 Å². The van der Waals surface area contributed by atoms with Gasteiger partial charge < -0.3 is 5.84 Å². The highest BCUT2D eigenvalue weighted by Crippen LogP contribution is 2.40. The van der Waals surface area contributed by atoms with Crippen LogP contribution in [0.5, 0.6) is 0 Å². The van der Waals surface area contributed by atoms with Crippen molar-refractivity contribution in [2.75, 3.05) is 0 Å². The minimum Gasteiger partial charge on any atom is -0.321 e. The number of halogens is 7. The number of amidine groups is 1. The van der Waals surface area contributed by atoms with Crippen LogP contribution in [0.2, 0.25) is 5.02 Å². The molecule has 4 N–H and O–H groups in total. The number of hydrogen-bond donors (Lipinski definition) is 2. The van der Waals surface area contributed by atoms with E-state index in [-0.39, 0.29) is 27.2 Å². The van der Waals surface area contributed by atoms with Gasteiger partial charge in [-0.3, -0.25) is 5.01 Å². The third-order valence-corrected chi connectivity index (χ3v) is 3.85. The van der Waals surface area contributed by atoms with Crippen molar-refractivity contribution in [3.8, 4) is 5.82 Å². The summed E-state index contributed by atoms with van der Waals surface area (Å²) in [5.74, 6) is 8.77. The minimum absolute atomic E-state index is 0.00439. The third kappa shape index (κ3) is 4.63. The van der Waals surface area contributed by atoms with Crippen molar-refractivity contribution in [2.24, 2.45) is 16.8 Å². The maximum atomic E-state index is 12.8. The first-order valence-corrected chi connectivity index (χ1v) is 8.10. The average Bonchev–Trinajstić information content (AvgIpc) is 2.90. The van der Waals surface area contributed by atoms with Crippen LogP contribution in [0, 0.1) is 0 Å². The number of hydrazone groups is 1. The molecule has 0 bridgehead atoms. The number of aromatic nitrogens is 3. The predicted octanol–water partition coefficient (Wildman–Crippen LogP) is 3.26. The molecule has 26 heavy (non-hydrogen) atoms. The van der Waals surface area contributed by atoms with Gasteiger partial charge in [0.15, 0.2) is 5.82 Å². The van der Waals surface area contributed by atoms with Gasteiger partial charge >= 0.3 is 6.18 Å². The molecule has 0 unspecified atom stereocenters. The second kappa shape index (κ2) is 7.65. The second-order valence-electron chi connectivity index (χ2n) is 4.82. The zero-order chi connectivity index (χ0) is 19.7. The van der Waals surface area contributed by atoms with Crippen LogP contribution in [0.15, 0.2) is 29.5 Å². The molecule has 0 aliphatic rings. The van der Waals surface area contributed by atoms with E-state index in [1.165, 1.54) is 18.3 Å². The number of hydrazine groups is 1. The lowest BCUT2D eigenvalue weighted by Crippen LogP contribution is -2.46. The van der Waals surface area contributed by atoms with Gasteiger partial charge in [-0.2, -0.15) is 23.4 Å². The van der Waals surface area contributed by atoms with Crippen LogP contribution >= 0.6 is 46.4 Å². The molecule has 0 spiro atoms. The van der Waals surface area contributed by atoms with Gasteiger partial charge in [-0.05, 0) is 18.2 Å². The summed E-state index contributed by atoms with van der Waals surface area (Å²) in [5, 5.41) is 7.18. The highest BCUT2D eigenvalue weighted by Gasteiger charge is 2.40. The Balaban J connectivity index is 2.45. The quantitative estimate of drug-likeness (QED) is 0.246. The second-order valence-corrected chi connectivity index (χ2v) is 7.51. The number of hydrogen-bond acceptors (Lipinski definition) is 5. The maximum absolute atomic E-state index is 12.8. The van der Waals surface area contributed by atoms with E-state index >= 15 is 0 Å².